The first-order chi connectivity index (χ1) is 17.4. The van der Waals surface area contributed by atoms with Crippen LogP contribution in [0.1, 0.15) is 41.4 Å². The van der Waals surface area contributed by atoms with Crippen LogP contribution in [0, 0.1) is 0 Å². The van der Waals surface area contributed by atoms with Gasteiger partial charge in [0.15, 0.2) is 0 Å². The van der Waals surface area contributed by atoms with Crippen molar-refractivity contribution in [3.05, 3.63) is 95.6 Å². The van der Waals surface area contributed by atoms with Crippen molar-refractivity contribution in [1.29, 1.82) is 0 Å². The molecule has 1 amide bonds. The van der Waals surface area contributed by atoms with Gasteiger partial charge in [0.2, 0.25) is 10.0 Å². The molecule has 1 aliphatic heterocycles. The van der Waals surface area contributed by atoms with E-state index in [0.29, 0.717) is 49.8 Å². The molecule has 0 aliphatic carbocycles. The lowest BCUT2D eigenvalue weighted by Gasteiger charge is -2.34. The van der Waals surface area contributed by atoms with Crippen LogP contribution in [0.25, 0.3) is 0 Å². The summed E-state index contributed by atoms with van der Waals surface area (Å²) < 4.78 is 32.7. The Balaban J connectivity index is 1.28. The number of rotatable bonds is 9. The molecular weight excluding hydrogens is 474 g/mol. The van der Waals surface area contributed by atoms with Crippen LogP contribution in [0.5, 0.6) is 5.75 Å². The van der Waals surface area contributed by atoms with Crippen molar-refractivity contribution in [2.24, 2.45) is 0 Å². The summed E-state index contributed by atoms with van der Waals surface area (Å²) in [7, 11) is -3.45. The number of ether oxygens (including phenoxy) is 1. The fourth-order valence-corrected chi connectivity index (χ4v) is 5.72. The van der Waals surface area contributed by atoms with Crippen molar-refractivity contribution in [3.63, 3.8) is 0 Å². The molecule has 0 bridgehead atoms. The van der Waals surface area contributed by atoms with E-state index in [1.807, 2.05) is 68.4 Å². The standard InChI is InChI=1S/C28H33N3O4S/c1-3-35-26-15-13-24(14-16-26)22(2)29-28(32)25-11-9-23(10-12-25)21-30-17-19-31(20-18-30)36(33,34)27-7-5-4-6-8-27/h4-16,22H,3,17-21H2,1-2H3,(H,29,32)/t22-/m0/s1. The molecule has 1 N–H and O–H groups in total. The summed E-state index contributed by atoms with van der Waals surface area (Å²) >= 11 is 0. The lowest BCUT2D eigenvalue weighted by atomic mass is 10.1. The molecule has 0 saturated carbocycles. The average molecular weight is 508 g/mol. The Morgan fingerprint density at radius 3 is 2.17 bits per heavy atom. The number of hydrogen-bond donors (Lipinski definition) is 1. The number of carbonyl (C=O) groups is 1. The molecule has 7 nitrogen and oxygen atoms in total. The van der Waals surface area contributed by atoms with Gasteiger partial charge in [-0.1, -0.05) is 42.5 Å². The smallest absolute Gasteiger partial charge is 0.251 e. The lowest BCUT2D eigenvalue weighted by molar-refractivity contribution is 0.0940. The second kappa shape index (κ2) is 11.7. The SMILES string of the molecule is CCOc1ccc([C@H](C)NC(=O)c2ccc(CN3CCN(S(=O)(=O)c4ccccc4)CC3)cc2)cc1. The van der Waals surface area contributed by atoms with E-state index in [9.17, 15) is 13.2 Å². The summed E-state index contributed by atoms with van der Waals surface area (Å²) in [5.41, 5.74) is 2.71. The number of hydrogen-bond acceptors (Lipinski definition) is 5. The first kappa shape index (κ1) is 25.9. The Bertz CT molecular complexity index is 1240. The summed E-state index contributed by atoms with van der Waals surface area (Å²) in [4.78, 5) is 15.3. The summed E-state index contributed by atoms with van der Waals surface area (Å²) in [6, 6.07) is 23.8. The van der Waals surface area contributed by atoms with E-state index in [4.69, 9.17) is 4.74 Å². The third-order valence-corrected chi connectivity index (χ3v) is 8.29. The van der Waals surface area contributed by atoms with Crippen LogP contribution in [-0.4, -0.2) is 56.3 Å². The molecule has 1 aliphatic rings. The number of carbonyl (C=O) groups excluding carboxylic acids is 1. The largest absolute Gasteiger partial charge is 0.494 e. The minimum absolute atomic E-state index is 0.123. The highest BCUT2D eigenvalue weighted by molar-refractivity contribution is 7.89. The van der Waals surface area contributed by atoms with Crippen LogP contribution in [-0.2, 0) is 16.6 Å². The van der Waals surface area contributed by atoms with Crippen LogP contribution >= 0.6 is 0 Å². The topological polar surface area (TPSA) is 79.0 Å². The molecule has 8 heteroatoms. The predicted molar refractivity (Wildman–Crippen MR) is 140 cm³/mol. The van der Waals surface area contributed by atoms with E-state index in [1.54, 1.807) is 28.6 Å². The molecular formula is C28H33N3O4S. The molecule has 0 unspecified atom stereocenters. The molecule has 3 aromatic carbocycles. The molecule has 4 rings (SSSR count). The average Bonchev–Trinajstić information content (AvgIpc) is 2.90. The molecule has 3 aromatic rings. The monoisotopic (exact) mass is 507 g/mol. The number of nitrogens with zero attached hydrogens (tertiary/aromatic N) is 2. The van der Waals surface area contributed by atoms with Gasteiger partial charge >= 0.3 is 0 Å². The second-order valence-electron chi connectivity index (χ2n) is 8.89. The first-order valence-corrected chi connectivity index (χ1v) is 13.7. The van der Waals surface area contributed by atoms with Crippen molar-refractivity contribution in [3.8, 4) is 5.75 Å². The number of benzene rings is 3. The van der Waals surface area contributed by atoms with E-state index in [0.717, 1.165) is 16.9 Å². The number of amides is 1. The van der Waals surface area contributed by atoms with Crippen molar-refractivity contribution in [2.75, 3.05) is 32.8 Å². The number of sulfonamides is 1. The van der Waals surface area contributed by atoms with Gasteiger partial charge in [-0.3, -0.25) is 9.69 Å². The fourth-order valence-electron chi connectivity index (χ4n) is 4.27. The normalized spacial score (nSPS) is 15.8. The molecule has 0 radical (unpaired) electrons. The summed E-state index contributed by atoms with van der Waals surface area (Å²) in [6.45, 7) is 7.48. The minimum atomic E-state index is -3.45. The quantitative estimate of drug-likeness (QED) is 0.472. The molecule has 1 atom stereocenters. The zero-order valence-electron chi connectivity index (χ0n) is 20.8. The zero-order chi connectivity index (χ0) is 25.5. The number of piperazine rings is 1. The van der Waals surface area contributed by atoms with Crippen LogP contribution in [0.2, 0.25) is 0 Å². The van der Waals surface area contributed by atoms with Gasteiger partial charge in [-0.05, 0) is 61.4 Å². The van der Waals surface area contributed by atoms with Crippen LogP contribution in [0.3, 0.4) is 0 Å². The lowest BCUT2D eigenvalue weighted by Crippen LogP contribution is -2.48. The van der Waals surface area contributed by atoms with Gasteiger partial charge in [0.25, 0.3) is 5.91 Å². The highest BCUT2D eigenvalue weighted by Gasteiger charge is 2.28. The molecule has 190 valence electrons. The molecule has 0 aromatic heterocycles. The van der Waals surface area contributed by atoms with E-state index in [1.165, 1.54) is 0 Å². The minimum Gasteiger partial charge on any atom is -0.494 e. The molecule has 1 fully saturated rings. The Kier molecular flexibility index (Phi) is 8.40. The maximum Gasteiger partial charge on any atom is 0.251 e. The Morgan fingerprint density at radius 1 is 0.917 bits per heavy atom. The highest BCUT2D eigenvalue weighted by Crippen LogP contribution is 2.20. The van der Waals surface area contributed by atoms with E-state index < -0.39 is 10.0 Å². The summed E-state index contributed by atoms with van der Waals surface area (Å²) in [6.07, 6.45) is 0. The van der Waals surface area contributed by atoms with Gasteiger partial charge in [-0.25, -0.2) is 8.42 Å². The van der Waals surface area contributed by atoms with Crippen molar-refractivity contribution >= 4 is 15.9 Å². The van der Waals surface area contributed by atoms with Crippen LogP contribution in [0.4, 0.5) is 0 Å². The zero-order valence-corrected chi connectivity index (χ0v) is 21.6. The Morgan fingerprint density at radius 2 is 1.56 bits per heavy atom. The van der Waals surface area contributed by atoms with Crippen LogP contribution < -0.4 is 10.1 Å². The molecule has 36 heavy (non-hydrogen) atoms. The Hall–Kier alpha value is -3.20. The van der Waals surface area contributed by atoms with Crippen molar-refractivity contribution in [2.45, 2.75) is 31.3 Å². The number of nitrogens with one attached hydrogen (secondary N) is 1. The maximum absolute atomic E-state index is 12.8. The van der Waals surface area contributed by atoms with Gasteiger partial charge in [0.1, 0.15) is 5.75 Å². The Labute approximate surface area is 213 Å². The van der Waals surface area contributed by atoms with Gasteiger partial charge in [-0.15, -0.1) is 0 Å². The van der Waals surface area contributed by atoms with Gasteiger partial charge < -0.3 is 10.1 Å². The summed E-state index contributed by atoms with van der Waals surface area (Å²) in [5, 5.41) is 3.04. The van der Waals surface area contributed by atoms with Gasteiger partial charge in [-0.2, -0.15) is 4.31 Å². The van der Waals surface area contributed by atoms with Gasteiger partial charge in [0, 0.05) is 38.3 Å². The third-order valence-electron chi connectivity index (χ3n) is 6.37. The fraction of sp³-hybridized carbons (Fsp3) is 0.321. The second-order valence-corrected chi connectivity index (χ2v) is 10.8. The van der Waals surface area contributed by atoms with Crippen molar-refractivity contribution in [1.82, 2.24) is 14.5 Å². The maximum atomic E-state index is 12.8. The first-order valence-electron chi connectivity index (χ1n) is 12.3. The molecule has 1 saturated heterocycles. The van der Waals surface area contributed by atoms with Crippen molar-refractivity contribution < 1.29 is 17.9 Å². The highest BCUT2D eigenvalue weighted by atomic mass is 32.2. The predicted octanol–water partition coefficient (Wildman–Crippen LogP) is 4.08. The van der Waals surface area contributed by atoms with Crippen LogP contribution in [0.15, 0.2) is 83.8 Å². The molecule has 0 spiro atoms. The van der Waals surface area contributed by atoms with Gasteiger partial charge in [0.05, 0.1) is 17.5 Å². The summed E-state index contributed by atoms with van der Waals surface area (Å²) in [5.74, 6) is 0.692. The van der Waals surface area contributed by atoms with E-state index in [2.05, 4.69) is 10.2 Å². The third kappa shape index (κ3) is 6.32. The molecule has 1 heterocycles. The van der Waals surface area contributed by atoms with E-state index >= 15 is 0 Å². The van der Waals surface area contributed by atoms with E-state index in [-0.39, 0.29) is 11.9 Å².